The Kier molecular flexibility index (Phi) is 3.87. The molecular formula is C16H11ClF3N3. The summed E-state index contributed by atoms with van der Waals surface area (Å²) in [6, 6.07) is 11.9. The number of hydrazine groups is 1. The van der Waals surface area contributed by atoms with Crippen LogP contribution in [0.15, 0.2) is 48.5 Å². The van der Waals surface area contributed by atoms with Gasteiger partial charge in [0.05, 0.1) is 11.1 Å². The van der Waals surface area contributed by atoms with Crippen LogP contribution >= 0.6 is 11.6 Å². The second-order valence-corrected chi connectivity index (χ2v) is 5.32. The normalized spacial score (nSPS) is 11.7. The number of halogens is 4. The Bertz CT molecular complexity index is 878. The number of alkyl halides is 3. The molecule has 0 unspecified atom stereocenters. The van der Waals surface area contributed by atoms with E-state index in [-0.39, 0.29) is 0 Å². The van der Waals surface area contributed by atoms with Crippen LogP contribution < -0.4 is 11.3 Å². The van der Waals surface area contributed by atoms with E-state index in [1.54, 1.807) is 30.3 Å². The monoisotopic (exact) mass is 337 g/mol. The quantitative estimate of drug-likeness (QED) is 0.518. The molecule has 3 rings (SSSR count). The molecule has 1 heterocycles. The third-order valence-corrected chi connectivity index (χ3v) is 3.78. The van der Waals surface area contributed by atoms with Gasteiger partial charge in [0.25, 0.3) is 0 Å². The van der Waals surface area contributed by atoms with Gasteiger partial charge in [-0.1, -0.05) is 29.8 Å². The number of nitrogen functional groups attached to an aromatic ring is 1. The second-order valence-electron chi connectivity index (χ2n) is 4.91. The Balaban J connectivity index is 2.35. The number of nitrogens with two attached hydrogens (primary N) is 1. The van der Waals surface area contributed by atoms with Gasteiger partial charge in [0.2, 0.25) is 0 Å². The summed E-state index contributed by atoms with van der Waals surface area (Å²) >= 11 is 6.19. The Morgan fingerprint density at radius 1 is 1.00 bits per heavy atom. The zero-order chi connectivity index (χ0) is 16.6. The molecule has 0 bridgehead atoms. The average Bonchev–Trinajstić information content (AvgIpc) is 2.53. The minimum absolute atomic E-state index is 0.340. The minimum atomic E-state index is -4.43. The van der Waals surface area contributed by atoms with E-state index in [0.29, 0.717) is 32.9 Å². The van der Waals surface area contributed by atoms with Gasteiger partial charge in [-0.25, -0.2) is 10.8 Å². The van der Waals surface area contributed by atoms with Crippen molar-refractivity contribution in [2.45, 2.75) is 6.18 Å². The lowest BCUT2D eigenvalue weighted by molar-refractivity contribution is -0.137. The SMILES string of the molecule is NNc1cc(-c2ccccc2Cl)c2cc(C(F)(F)F)ccc2n1. The van der Waals surface area contributed by atoms with Gasteiger partial charge in [-0.3, -0.25) is 0 Å². The summed E-state index contributed by atoms with van der Waals surface area (Å²) in [4.78, 5) is 4.19. The van der Waals surface area contributed by atoms with Gasteiger partial charge in [0.15, 0.2) is 0 Å². The number of hydrogen-bond donors (Lipinski definition) is 2. The lowest BCUT2D eigenvalue weighted by atomic mass is 9.99. The molecule has 0 fully saturated rings. The molecule has 0 aliphatic heterocycles. The average molecular weight is 338 g/mol. The van der Waals surface area contributed by atoms with Crippen molar-refractivity contribution in [3.63, 3.8) is 0 Å². The molecular weight excluding hydrogens is 327 g/mol. The lowest BCUT2D eigenvalue weighted by Crippen LogP contribution is -2.09. The Morgan fingerprint density at radius 3 is 2.39 bits per heavy atom. The molecule has 3 nitrogen and oxygen atoms in total. The highest BCUT2D eigenvalue weighted by Gasteiger charge is 2.30. The van der Waals surface area contributed by atoms with E-state index in [1.165, 1.54) is 6.07 Å². The van der Waals surface area contributed by atoms with Crippen LogP contribution in [0.2, 0.25) is 5.02 Å². The topological polar surface area (TPSA) is 50.9 Å². The molecule has 1 aromatic heterocycles. The van der Waals surface area contributed by atoms with Gasteiger partial charge in [-0.05, 0) is 35.9 Å². The molecule has 0 aliphatic rings. The molecule has 2 aromatic carbocycles. The Labute approximate surface area is 134 Å². The van der Waals surface area contributed by atoms with Crippen molar-refractivity contribution in [3.8, 4) is 11.1 Å². The number of nitrogens with one attached hydrogen (secondary N) is 1. The molecule has 7 heteroatoms. The predicted molar refractivity (Wildman–Crippen MR) is 85.0 cm³/mol. The first-order valence-corrected chi connectivity index (χ1v) is 7.01. The molecule has 0 spiro atoms. The highest BCUT2D eigenvalue weighted by atomic mass is 35.5. The number of pyridine rings is 1. The van der Waals surface area contributed by atoms with Crippen molar-refractivity contribution in [1.29, 1.82) is 0 Å². The van der Waals surface area contributed by atoms with Crippen LogP contribution in [0.4, 0.5) is 19.0 Å². The van der Waals surface area contributed by atoms with Crippen LogP contribution in [0.3, 0.4) is 0 Å². The molecule has 0 aliphatic carbocycles. The van der Waals surface area contributed by atoms with E-state index in [0.717, 1.165) is 12.1 Å². The molecule has 118 valence electrons. The molecule has 0 saturated carbocycles. The van der Waals surface area contributed by atoms with Gasteiger partial charge >= 0.3 is 6.18 Å². The number of benzene rings is 2. The van der Waals surface area contributed by atoms with Gasteiger partial charge in [0, 0.05) is 16.0 Å². The summed E-state index contributed by atoms with van der Waals surface area (Å²) in [5.41, 5.74) is 3.20. The molecule has 23 heavy (non-hydrogen) atoms. The van der Waals surface area contributed by atoms with E-state index < -0.39 is 11.7 Å². The maximum absolute atomic E-state index is 13.0. The van der Waals surface area contributed by atoms with Crippen LogP contribution in [-0.2, 0) is 6.18 Å². The highest BCUT2D eigenvalue weighted by molar-refractivity contribution is 6.33. The number of rotatable bonds is 2. The van der Waals surface area contributed by atoms with Crippen LogP contribution in [0.1, 0.15) is 5.56 Å². The summed E-state index contributed by atoms with van der Waals surface area (Å²) in [7, 11) is 0. The predicted octanol–water partition coefficient (Wildman–Crippen LogP) is 4.86. The van der Waals surface area contributed by atoms with E-state index in [4.69, 9.17) is 17.4 Å². The van der Waals surface area contributed by atoms with Crippen LogP contribution in [-0.4, -0.2) is 4.98 Å². The standard InChI is InChI=1S/C16H11ClF3N3/c17-13-4-2-1-3-10(13)11-8-15(23-21)22-14-6-5-9(7-12(11)14)16(18,19)20/h1-8H,21H2,(H,22,23). The maximum atomic E-state index is 13.0. The van der Waals surface area contributed by atoms with E-state index in [2.05, 4.69) is 10.4 Å². The number of anilines is 1. The third kappa shape index (κ3) is 2.95. The van der Waals surface area contributed by atoms with E-state index in [1.807, 2.05) is 0 Å². The summed E-state index contributed by atoms with van der Waals surface area (Å²) in [5.74, 6) is 5.74. The Hall–Kier alpha value is -2.31. The second kappa shape index (κ2) is 5.72. The number of hydrogen-bond acceptors (Lipinski definition) is 3. The summed E-state index contributed by atoms with van der Waals surface area (Å²) in [5, 5.41) is 0.785. The van der Waals surface area contributed by atoms with E-state index >= 15 is 0 Å². The summed E-state index contributed by atoms with van der Waals surface area (Å²) in [6.07, 6.45) is -4.43. The maximum Gasteiger partial charge on any atom is 0.416 e. The van der Waals surface area contributed by atoms with Gasteiger partial charge in [-0.15, -0.1) is 0 Å². The van der Waals surface area contributed by atoms with Gasteiger partial charge in [0.1, 0.15) is 5.82 Å². The minimum Gasteiger partial charge on any atom is -0.308 e. The fourth-order valence-electron chi connectivity index (χ4n) is 2.38. The third-order valence-electron chi connectivity index (χ3n) is 3.45. The summed E-state index contributed by atoms with van der Waals surface area (Å²) in [6.45, 7) is 0. The molecule has 0 radical (unpaired) electrons. The van der Waals surface area contributed by atoms with Crippen LogP contribution in [0.5, 0.6) is 0 Å². The Morgan fingerprint density at radius 2 is 1.74 bits per heavy atom. The van der Waals surface area contributed by atoms with Gasteiger partial charge < -0.3 is 5.43 Å². The van der Waals surface area contributed by atoms with Crippen molar-refractivity contribution in [2.75, 3.05) is 5.43 Å². The lowest BCUT2D eigenvalue weighted by Gasteiger charge is -2.13. The van der Waals surface area contributed by atoms with Crippen LogP contribution in [0, 0.1) is 0 Å². The molecule has 0 amide bonds. The smallest absolute Gasteiger partial charge is 0.308 e. The fourth-order valence-corrected chi connectivity index (χ4v) is 2.62. The molecule has 3 N–H and O–H groups in total. The van der Waals surface area contributed by atoms with Crippen molar-refractivity contribution in [3.05, 3.63) is 59.1 Å². The first-order chi connectivity index (χ1) is 10.9. The van der Waals surface area contributed by atoms with Crippen LogP contribution in [0.25, 0.3) is 22.0 Å². The first kappa shape index (κ1) is 15.6. The zero-order valence-electron chi connectivity index (χ0n) is 11.7. The number of fused-ring (bicyclic) bond motifs is 1. The van der Waals surface area contributed by atoms with E-state index in [9.17, 15) is 13.2 Å². The largest absolute Gasteiger partial charge is 0.416 e. The van der Waals surface area contributed by atoms with Crippen molar-refractivity contribution < 1.29 is 13.2 Å². The van der Waals surface area contributed by atoms with Gasteiger partial charge in [-0.2, -0.15) is 13.2 Å². The summed E-state index contributed by atoms with van der Waals surface area (Å²) < 4.78 is 39.0. The molecule has 3 aromatic rings. The zero-order valence-corrected chi connectivity index (χ0v) is 12.4. The fraction of sp³-hybridized carbons (Fsp3) is 0.0625. The highest BCUT2D eigenvalue weighted by Crippen LogP contribution is 2.37. The number of nitrogens with zero attached hydrogens (tertiary/aromatic N) is 1. The van der Waals surface area contributed by atoms with Crippen molar-refractivity contribution >= 4 is 28.3 Å². The number of aromatic nitrogens is 1. The molecule has 0 atom stereocenters. The molecule has 0 saturated heterocycles. The van der Waals surface area contributed by atoms with Crippen molar-refractivity contribution in [1.82, 2.24) is 4.98 Å². The first-order valence-electron chi connectivity index (χ1n) is 6.63. The van der Waals surface area contributed by atoms with Crippen molar-refractivity contribution in [2.24, 2.45) is 5.84 Å².